The minimum absolute atomic E-state index is 0.0415. The maximum absolute atomic E-state index is 10.9. The average molecular weight is 209 g/mol. The summed E-state index contributed by atoms with van der Waals surface area (Å²) in [5.41, 5.74) is 0.614. The third-order valence-electron chi connectivity index (χ3n) is 1.99. The molecule has 5 nitrogen and oxygen atoms in total. The molecule has 1 aromatic rings. The Labute approximate surface area is 86.6 Å². The monoisotopic (exact) mass is 209 g/mol. The Morgan fingerprint density at radius 3 is 2.73 bits per heavy atom. The van der Waals surface area contributed by atoms with Gasteiger partial charge in [-0.1, -0.05) is 0 Å². The molecule has 0 bridgehead atoms. The number of carboxylic acid groups (broad SMARTS) is 1. The SMILES string of the molecule is CO/C=C(/C(=O)O)c1ccn(C)c1C=O. The van der Waals surface area contributed by atoms with Gasteiger partial charge in [-0.3, -0.25) is 4.79 Å². The van der Waals surface area contributed by atoms with Crippen molar-refractivity contribution in [2.75, 3.05) is 7.11 Å². The Balaban J connectivity index is 3.29. The summed E-state index contributed by atoms with van der Waals surface area (Å²) in [5.74, 6) is -1.13. The topological polar surface area (TPSA) is 68.5 Å². The van der Waals surface area contributed by atoms with Crippen molar-refractivity contribution in [3.63, 3.8) is 0 Å². The van der Waals surface area contributed by atoms with E-state index in [0.717, 1.165) is 6.26 Å². The summed E-state index contributed by atoms with van der Waals surface area (Å²) in [6.07, 6.45) is 3.33. The van der Waals surface area contributed by atoms with E-state index in [4.69, 9.17) is 5.11 Å². The quantitative estimate of drug-likeness (QED) is 0.454. The van der Waals surface area contributed by atoms with Gasteiger partial charge >= 0.3 is 5.97 Å². The van der Waals surface area contributed by atoms with E-state index in [0.29, 0.717) is 17.5 Å². The molecule has 5 heteroatoms. The van der Waals surface area contributed by atoms with Gasteiger partial charge in [0.25, 0.3) is 0 Å². The summed E-state index contributed by atoms with van der Waals surface area (Å²) in [6, 6.07) is 1.56. The van der Waals surface area contributed by atoms with Crippen molar-refractivity contribution >= 4 is 17.8 Å². The van der Waals surface area contributed by atoms with Gasteiger partial charge in [0.2, 0.25) is 0 Å². The number of aryl methyl sites for hydroxylation is 1. The molecule has 1 N–H and O–H groups in total. The highest BCUT2D eigenvalue weighted by Crippen LogP contribution is 2.19. The molecule has 1 rings (SSSR count). The zero-order chi connectivity index (χ0) is 11.4. The van der Waals surface area contributed by atoms with E-state index in [1.54, 1.807) is 23.9 Å². The fourth-order valence-corrected chi connectivity index (χ4v) is 1.26. The van der Waals surface area contributed by atoms with Crippen LogP contribution >= 0.6 is 0 Å². The lowest BCUT2D eigenvalue weighted by Crippen LogP contribution is -2.04. The smallest absolute Gasteiger partial charge is 0.339 e. The molecular weight excluding hydrogens is 198 g/mol. The van der Waals surface area contributed by atoms with E-state index < -0.39 is 5.97 Å². The van der Waals surface area contributed by atoms with Crippen molar-refractivity contribution in [2.45, 2.75) is 0 Å². The van der Waals surface area contributed by atoms with Gasteiger partial charge in [-0.15, -0.1) is 0 Å². The van der Waals surface area contributed by atoms with E-state index in [9.17, 15) is 9.59 Å². The normalized spacial score (nSPS) is 11.2. The van der Waals surface area contributed by atoms with Crippen molar-refractivity contribution in [3.8, 4) is 0 Å². The largest absolute Gasteiger partial charge is 0.503 e. The lowest BCUT2D eigenvalue weighted by Gasteiger charge is -2.01. The van der Waals surface area contributed by atoms with Crippen LogP contribution in [0.25, 0.3) is 5.57 Å². The number of carboxylic acids is 1. The Bertz CT molecular complexity index is 417. The maximum atomic E-state index is 10.9. The first-order valence-corrected chi connectivity index (χ1v) is 4.19. The summed E-state index contributed by atoms with van der Waals surface area (Å²) in [4.78, 5) is 21.7. The van der Waals surface area contributed by atoms with E-state index in [1.807, 2.05) is 0 Å². The summed E-state index contributed by atoms with van der Waals surface area (Å²) in [5, 5.41) is 8.91. The predicted octanol–water partition coefficient (Wildman–Crippen LogP) is 0.909. The van der Waals surface area contributed by atoms with Gasteiger partial charge in [0.15, 0.2) is 6.29 Å². The Hall–Kier alpha value is -2.04. The van der Waals surface area contributed by atoms with Crippen molar-refractivity contribution in [1.29, 1.82) is 0 Å². The van der Waals surface area contributed by atoms with Crippen LogP contribution in [0.5, 0.6) is 0 Å². The highest BCUT2D eigenvalue weighted by molar-refractivity contribution is 6.16. The molecule has 0 radical (unpaired) electrons. The van der Waals surface area contributed by atoms with Crippen LogP contribution in [0.15, 0.2) is 18.5 Å². The molecule has 0 aliphatic carbocycles. The van der Waals surface area contributed by atoms with Gasteiger partial charge < -0.3 is 14.4 Å². The molecule has 0 aliphatic rings. The molecule has 0 aliphatic heterocycles. The molecule has 80 valence electrons. The molecule has 15 heavy (non-hydrogen) atoms. The maximum Gasteiger partial charge on any atom is 0.339 e. The molecule has 0 saturated heterocycles. The number of carbonyl (C=O) groups is 2. The summed E-state index contributed by atoms with van der Waals surface area (Å²) in [6.45, 7) is 0. The van der Waals surface area contributed by atoms with Gasteiger partial charge in [-0.2, -0.15) is 0 Å². The first kappa shape index (κ1) is 11.0. The molecular formula is C10H11NO4. The molecule has 0 saturated carbocycles. The number of aromatic nitrogens is 1. The van der Waals surface area contributed by atoms with Crippen molar-refractivity contribution in [3.05, 3.63) is 29.8 Å². The number of hydrogen-bond acceptors (Lipinski definition) is 3. The summed E-state index contributed by atoms with van der Waals surface area (Å²) < 4.78 is 6.21. The van der Waals surface area contributed by atoms with Gasteiger partial charge in [0.05, 0.1) is 19.1 Å². The standard InChI is InChI=1S/C10H11NO4/c1-11-4-3-7(9(11)5-12)8(6-15-2)10(13)14/h3-6H,1-2H3,(H,13,14)/b8-6+. The van der Waals surface area contributed by atoms with Crippen LogP contribution < -0.4 is 0 Å². The number of aldehydes is 1. The van der Waals surface area contributed by atoms with Crippen LogP contribution in [-0.2, 0) is 16.6 Å². The lowest BCUT2D eigenvalue weighted by molar-refractivity contribution is -0.130. The van der Waals surface area contributed by atoms with E-state index >= 15 is 0 Å². The Morgan fingerprint density at radius 2 is 2.27 bits per heavy atom. The fourth-order valence-electron chi connectivity index (χ4n) is 1.26. The van der Waals surface area contributed by atoms with Crippen molar-refractivity contribution in [1.82, 2.24) is 4.57 Å². The number of methoxy groups -OCH3 is 1. The van der Waals surface area contributed by atoms with Gasteiger partial charge in [-0.25, -0.2) is 4.79 Å². The number of hydrogen-bond donors (Lipinski definition) is 1. The van der Waals surface area contributed by atoms with Crippen LogP contribution in [-0.4, -0.2) is 29.0 Å². The summed E-state index contributed by atoms with van der Waals surface area (Å²) in [7, 11) is 3.02. The van der Waals surface area contributed by atoms with Crippen molar-refractivity contribution in [2.24, 2.45) is 7.05 Å². The van der Waals surface area contributed by atoms with Crippen LogP contribution in [0.1, 0.15) is 16.1 Å². The van der Waals surface area contributed by atoms with Gasteiger partial charge in [-0.05, 0) is 6.07 Å². The number of aliphatic carboxylic acids is 1. The van der Waals surface area contributed by atoms with Crippen LogP contribution in [0, 0.1) is 0 Å². The number of ether oxygens (including phenoxy) is 1. The van der Waals surface area contributed by atoms with Gasteiger partial charge in [0.1, 0.15) is 5.57 Å². The minimum Gasteiger partial charge on any atom is -0.503 e. The van der Waals surface area contributed by atoms with E-state index in [2.05, 4.69) is 4.74 Å². The zero-order valence-electron chi connectivity index (χ0n) is 8.43. The summed E-state index contributed by atoms with van der Waals surface area (Å²) >= 11 is 0. The molecule has 1 aromatic heterocycles. The fraction of sp³-hybridized carbons (Fsp3) is 0.200. The van der Waals surface area contributed by atoms with Crippen molar-refractivity contribution < 1.29 is 19.4 Å². The highest BCUT2D eigenvalue weighted by Gasteiger charge is 2.17. The van der Waals surface area contributed by atoms with E-state index in [1.165, 1.54) is 7.11 Å². The molecule has 0 amide bonds. The minimum atomic E-state index is -1.13. The molecule has 0 spiro atoms. The third kappa shape index (κ3) is 2.07. The Kier molecular flexibility index (Phi) is 3.28. The van der Waals surface area contributed by atoms with Gasteiger partial charge in [0, 0.05) is 18.8 Å². The molecule has 1 heterocycles. The van der Waals surface area contributed by atoms with Crippen LogP contribution in [0.2, 0.25) is 0 Å². The third-order valence-corrected chi connectivity index (χ3v) is 1.99. The second-order valence-electron chi connectivity index (χ2n) is 2.92. The number of rotatable bonds is 4. The molecule has 0 unspecified atom stereocenters. The first-order valence-electron chi connectivity index (χ1n) is 4.19. The van der Waals surface area contributed by atoms with Crippen LogP contribution in [0.3, 0.4) is 0 Å². The lowest BCUT2D eigenvalue weighted by atomic mass is 10.1. The first-order chi connectivity index (χ1) is 7.11. The molecule has 0 aromatic carbocycles. The second-order valence-corrected chi connectivity index (χ2v) is 2.92. The second kappa shape index (κ2) is 4.45. The number of nitrogens with zero attached hydrogens (tertiary/aromatic N) is 1. The van der Waals surface area contributed by atoms with Crippen LogP contribution in [0.4, 0.5) is 0 Å². The molecule has 0 fully saturated rings. The molecule has 0 atom stereocenters. The Morgan fingerprint density at radius 1 is 1.60 bits per heavy atom. The predicted molar refractivity (Wildman–Crippen MR) is 53.4 cm³/mol. The average Bonchev–Trinajstić information content (AvgIpc) is 2.55. The number of carbonyl (C=O) groups excluding carboxylic acids is 1. The zero-order valence-corrected chi connectivity index (χ0v) is 8.43. The van der Waals surface area contributed by atoms with E-state index in [-0.39, 0.29) is 5.57 Å². The highest BCUT2D eigenvalue weighted by atomic mass is 16.5.